The molecule has 1 N–H and O–H groups in total. The van der Waals surface area contributed by atoms with Gasteiger partial charge in [0.2, 0.25) is 5.56 Å². The van der Waals surface area contributed by atoms with Gasteiger partial charge in [-0.2, -0.15) is 0 Å². The Labute approximate surface area is 109 Å². The average molecular weight is 252 g/mol. The standard InChI is InChI=1S/C15H12N2O2/c1-19-11-4-2-10(3-5-11)15-12-6-7-14(18)17-13(12)8-9-16-15/h2-9H,1H3,(H,17,18). The van der Waals surface area contributed by atoms with Crippen LogP contribution in [0.25, 0.3) is 22.2 Å². The van der Waals surface area contributed by atoms with Gasteiger partial charge in [0.25, 0.3) is 0 Å². The highest BCUT2D eigenvalue weighted by Gasteiger charge is 2.05. The zero-order valence-corrected chi connectivity index (χ0v) is 10.4. The number of hydrogen-bond acceptors (Lipinski definition) is 3. The molecular weight excluding hydrogens is 240 g/mol. The topological polar surface area (TPSA) is 55.0 Å². The van der Waals surface area contributed by atoms with Crippen molar-refractivity contribution in [1.82, 2.24) is 9.97 Å². The number of nitrogens with zero attached hydrogens (tertiary/aromatic N) is 1. The molecule has 0 amide bonds. The molecule has 3 aromatic rings. The summed E-state index contributed by atoms with van der Waals surface area (Å²) in [5.41, 5.74) is 2.50. The molecule has 0 aliphatic rings. The lowest BCUT2D eigenvalue weighted by Crippen LogP contribution is -2.03. The lowest BCUT2D eigenvalue weighted by Gasteiger charge is -2.06. The van der Waals surface area contributed by atoms with Gasteiger partial charge in [-0.05, 0) is 36.4 Å². The van der Waals surface area contributed by atoms with E-state index in [1.807, 2.05) is 24.3 Å². The number of ether oxygens (including phenoxy) is 1. The Kier molecular flexibility index (Phi) is 2.76. The van der Waals surface area contributed by atoms with E-state index in [1.54, 1.807) is 25.4 Å². The molecule has 0 saturated heterocycles. The molecule has 3 rings (SSSR count). The first-order chi connectivity index (χ1) is 9.28. The minimum absolute atomic E-state index is 0.112. The molecule has 2 aromatic heterocycles. The van der Waals surface area contributed by atoms with E-state index in [9.17, 15) is 4.79 Å². The third-order valence-corrected chi connectivity index (χ3v) is 3.01. The van der Waals surface area contributed by atoms with Gasteiger partial charge in [0, 0.05) is 23.2 Å². The molecule has 0 aliphatic carbocycles. The second-order valence-electron chi connectivity index (χ2n) is 4.17. The van der Waals surface area contributed by atoms with Gasteiger partial charge in [-0.3, -0.25) is 9.78 Å². The molecule has 4 nitrogen and oxygen atoms in total. The number of methoxy groups -OCH3 is 1. The monoisotopic (exact) mass is 252 g/mol. The van der Waals surface area contributed by atoms with Gasteiger partial charge in [0.1, 0.15) is 5.75 Å². The van der Waals surface area contributed by atoms with Crippen LogP contribution in [0.15, 0.2) is 53.5 Å². The first-order valence-corrected chi connectivity index (χ1v) is 5.90. The molecule has 0 saturated carbocycles. The minimum atomic E-state index is -0.112. The summed E-state index contributed by atoms with van der Waals surface area (Å²) in [6, 6.07) is 12.8. The summed E-state index contributed by atoms with van der Waals surface area (Å²) in [5, 5.41) is 0.923. The fourth-order valence-electron chi connectivity index (χ4n) is 2.06. The van der Waals surface area contributed by atoms with Crippen LogP contribution in [-0.4, -0.2) is 17.1 Å². The summed E-state index contributed by atoms with van der Waals surface area (Å²) >= 11 is 0. The number of aromatic amines is 1. The predicted molar refractivity (Wildman–Crippen MR) is 74.4 cm³/mol. The molecule has 2 heterocycles. The van der Waals surface area contributed by atoms with E-state index in [-0.39, 0.29) is 5.56 Å². The van der Waals surface area contributed by atoms with Gasteiger partial charge < -0.3 is 9.72 Å². The van der Waals surface area contributed by atoms with Crippen molar-refractivity contribution >= 4 is 10.9 Å². The zero-order valence-electron chi connectivity index (χ0n) is 10.4. The van der Waals surface area contributed by atoms with Crippen molar-refractivity contribution in [3.05, 3.63) is 59.0 Å². The fourth-order valence-corrected chi connectivity index (χ4v) is 2.06. The number of H-pyrrole nitrogens is 1. The Morgan fingerprint density at radius 3 is 2.58 bits per heavy atom. The molecule has 0 fully saturated rings. The second kappa shape index (κ2) is 4.57. The van der Waals surface area contributed by atoms with Crippen molar-refractivity contribution in [2.75, 3.05) is 7.11 Å². The zero-order chi connectivity index (χ0) is 13.2. The maximum Gasteiger partial charge on any atom is 0.248 e. The van der Waals surface area contributed by atoms with Crippen LogP contribution in [0.3, 0.4) is 0 Å². The van der Waals surface area contributed by atoms with Gasteiger partial charge in [-0.25, -0.2) is 0 Å². The Hall–Kier alpha value is -2.62. The highest BCUT2D eigenvalue weighted by Crippen LogP contribution is 2.26. The van der Waals surface area contributed by atoms with E-state index in [4.69, 9.17) is 4.74 Å². The SMILES string of the molecule is COc1ccc(-c2nccc3[nH]c(=O)ccc23)cc1. The Morgan fingerprint density at radius 1 is 1.05 bits per heavy atom. The van der Waals surface area contributed by atoms with Crippen LogP contribution in [-0.2, 0) is 0 Å². The highest BCUT2D eigenvalue weighted by molar-refractivity contribution is 5.91. The largest absolute Gasteiger partial charge is 0.497 e. The number of pyridine rings is 2. The molecule has 94 valence electrons. The number of rotatable bonds is 2. The van der Waals surface area contributed by atoms with Crippen molar-refractivity contribution in [3.63, 3.8) is 0 Å². The Morgan fingerprint density at radius 2 is 1.84 bits per heavy atom. The summed E-state index contributed by atoms with van der Waals surface area (Å²) in [4.78, 5) is 18.5. The maximum absolute atomic E-state index is 11.3. The van der Waals surface area contributed by atoms with Crippen LogP contribution in [0.4, 0.5) is 0 Å². The Bertz CT molecular complexity index is 776. The average Bonchev–Trinajstić information content (AvgIpc) is 2.46. The predicted octanol–water partition coefficient (Wildman–Crippen LogP) is 2.60. The van der Waals surface area contributed by atoms with E-state index in [0.717, 1.165) is 27.9 Å². The minimum Gasteiger partial charge on any atom is -0.497 e. The van der Waals surface area contributed by atoms with Crippen molar-refractivity contribution in [2.45, 2.75) is 0 Å². The number of hydrogen-bond donors (Lipinski definition) is 1. The molecule has 0 bridgehead atoms. The van der Waals surface area contributed by atoms with Crippen LogP contribution in [0.2, 0.25) is 0 Å². The molecule has 0 spiro atoms. The normalized spacial score (nSPS) is 10.6. The molecule has 0 atom stereocenters. The number of fused-ring (bicyclic) bond motifs is 1. The Balaban J connectivity index is 2.21. The molecule has 4 heteroatoms. The van der Waals surface area contributed by atoms with Crippen molar-refractivity contribution in [2.24, 2.45) is 0 Å². The van der Waals surface area contributed by atoms with Crippen LogP contribution < -0.4 is 10.3 Å². The smallest absolute Gasteiger partial charge is 0.248 e. The number of aromatic nitrogens is 2. The number of benzene rings is 1. The quantitative estimate of drug-likeness (QED) is 0.762. The molecule has 19 heavy (non-hydrogen) atoms. The lowest BCUT2D eigenvalue weighted by atomic mass is 10.1. The van der Waals surface area contributed by atoms with E-state index in [2.05, 4.69) is 9.97 Å². The third kappa shape index (κ3) is 2.08. The maximum atomic E-state index is 11.3. The van der Waals surface area contributed by atoms with E-state index >= 15 is 0 Å². The van der Waals surface area contributed by atoms with E-state index in [0.29, 0.717) is 0 Å². The lowest BCUT2D eigenvalue weighted by molar-refractivity contribution is 0.415. The van der Waals surface area contributed by atoms with Gasteiger partial charge >= 0.3 is 0 Å². The molecule has 0 radical (unpaired) electrons. The van der Waals surface area contributed by atoms with Crippen molar-refractivity contribution < 1.29 is 4.74 Å². The molecule has 0 aliphatic heterocycles. The summed E-state index contributed by atoms with van der Waals surface area (Å²) in [6.45, 7) is 0. The number of nitrogens with one attached hydrogen (secondary N) is 1. The van der Waals surface area contributed by atoms with Crippen molar-refractivity contribution in [1.29, 1.82) is 0 Å². The van der Waals surface area contributed by atoms with Crippen LogP contribution in [0, 0.1) is 0 Å². The van der Waals surface area contributed by atoms with Gasteiger partial charge in [-0.15, -0.1) is 0 Å². The van der Waals surface area contributed by atoms with Crippen molar-refractivity contribution in [3.8, 4) is 17.0 Å². The van der Waals surface area contributed by atoms with Crippen LogP contribution >= 0.6 is 0 Å². The molecule has 0 unspecified atom stereocenters. The van der Waals surface area contributed by atoms with E-state index < -0.39 is 0 Å². The fraction of sp³-hybridized carbons (Fsp3) is 0.0667. The molecule has 1 aromatic carbocycles. The van der Waals surface area contributed by atoms with Gasteiger partial charge in [0.05, 0.1) is 18.3 Å². The van der Waals surface area contributed by atoms with E-state index in [1.165, 1.54) is 6.07 Å². The highest BCUT2D eigenvalue weighted by atomic mass is 16.5. The summed E-state index contributed by atoms with van der Waals surface area (Å²) in [6.07, 6.45) is 1.69. The van der Waals surface area contributed by atoms with Gasteiger partial charge in [-0.1, -0.05) is 0 Å². The summed E-state index contributed by atoms with van der Waals surface area (Å²) < 4.78 is 5.14. The first-order valence-electron chi connectivity index (χ1n) is 5.90. The van der Waals surface area contributed by atoms with Gasteiger partial charge in [0.15, 0.2) is 0 Å². The summed E-state index contributed by atoms with van der Waals surface area (Å²) in [7, 11) is 1.63. The first kappa shape index (κ1) is 11.5. The van der Waals surface area contributed by atoms with Crippen LogP contribution in [0.1, 0.15) is 0 Å². The molecular formula is C15H12N2O2. The third-order valence-electron chi connectivity index (χ3n) is 3.01. The van der Waals surface area contributed by atoms with Crippen LogP contribution in [0.5, 0.6) is 5.75 Å². The summed E-state index contributed by atoms with van der Waals surface area (Å²) in [5.74, 6) is 0.803. The second-order valence-corrected chi connectivity index (χ2v) is 4.17.